The number of nitrogens with zero attached hydrogens (tertiary/aromatic N) is 5. The molecule has 5 rings (SSSR count). The summed E-state index contributed by atoms with van der Waals surface area (Å²) >= 11 is 0. The molecule has 5 heteroatoms. The maximum atomic E-state index is 4.99. The summed E-state index contributed by atoms with van der Waals surface area (Å²) in [6.45, 7) is 2.86. The second kappa shape index (κ2) is 8.07. The van der Waals surface area contributed by atoms with Crippen LogP contribution in [-0.4, -0.2) is 31.2 Å². The Labute approximate surface area is 172 Å². The SMILES string of the molecule is Cn1cc(CN2CCc3nc(C4CCCCC4)ncc3C2)c(-c2ccccc2)n1. The Hall–Kier alpha value is -2.53. The molecule has 0 saturated heterocycles. The van der Waals surface area contributed by atoms with E-state index in [1.54, 1.807) is 0 Å². The van der Waals surface area contributed by atoms with E-state index in [4.69, 9.17) is 15.1 Å². The molecule has 3 aromatic rings. The number of aryl methyl sites for hydroxylation is 1. The third-order valence-electron chi connectivity index (χ3n) is 6.35. The molecule has 0 unspecified atom stereocenters. The first-order valence-electron chi connectivity index (χ1n) is 10.9. The summed E-state index contributed by atoms with van der Waals surface area (Å²) in [4.78, 5) is 12.3. The Balaban J connectivity index is 1.32. The van der Waals surface area contributed by atoms with Crippen LogP contribution in [0.15, 0.2) is 42.7 Å². The molecule has 2 aromatic heterocycles. The van der Waals surface area contributed by atoms with Crippen molar-refractivity contribution in [1.29, 1.82) is 0 Å². The van der Waals surface area contributed by atoms with Crippen LogP contribution in [0.1, 0.15) is 60.7 Å². The van der Waals surface area contributed by atoms with E-state index in [0.717, 1.165) is 37.6 Å². The Kier molecular flexibility index (Phi) is 5.15. The average molecular weight is 388 g/mol. The number of benzene rings is 1. The van der Waals surface area contributed by atoms with Crippen molar-refractivity contribution in [3.8, 4) is 11.3 Å². The van der Waals surface area contributed by atoms with Crippen LogP contribution < -0.4 is 0 Å². The van der Waals surface area contributed by atoms with E-state index >= 15 is 0 Å². The van der Waals surface area contributed by atoms with Crippen molar-refractivity contribution in [3.63, 3.8) is 0 Å². The van der Waals surface area contributed by atoms with E-state index < -0.39 is 0 Å². The van der Waals surface area contributed by atoms with Gasteiger partial charge in [-0.2, -0.15) is 5.10 Å². The molecule has 0 radical (unpaired) electrons. The highest BCUT2D eigenvalue weighted by atomic mass is 15.3. The van der Waals surface area contributed by atoms with E-state index in [1.165, 1.54) is 54.5 Å². The lowest BCUT2D eigenvalue weighted by molar-refractivity contribution is 0.242. The fourth-order valence-corrected chi connectivity index (χ4v) is 4.82. The molecule has 1 aliphatic carbocycles. The van der Waals surface area contributed by atoms with Crippen LogP contribution in [0.4, 0.5) is 0 Å². The van der Waals surface area contributed by atoms with Crippen molar-refractivity contribution in [2.45, 2.75) is 57.5 Å². The first-order chi connectivity index (χ1) is 14.3. The lowest BCUT2D eigenvalue weighted by Crippen LogP contribution is -2.31. The van der Waals surface area contributed by atoms with Gasteiger partial charge in [-0.25, -0.2) is 9.97 Å². The first kappa shape index (κ1) is 18.5. The van der Waals surface area contributed by atoms with Gasteiger partial charge in [-0.05, 0) is 12.8 Å². The van der Waals surface area contributed by atoms with Gasteiger partial charge in [0.1, 0.15) is 5.82 Å². The molecule has 0 bridgehead atoms. The lowest BCUT2D eigenvalue weighted by atomic mass is 9.88. The van der Waals surface area contributed by atoms with E-state index in [2.05, 4.69) is 47.6 Å². The van der Waals surface area contributed by atoms with Crippen LogP contribution in [0.5, 0.6) is 0 Å². The summed E-state index contributed by atoms with van der Waals surface area (Å²) in [5, 5.41) is 4.72. The van der Waals surface area contributed by atoms with Crippen LogP contribution >= 0.6 is 0 Å². The molecule has 29 heavy (non-hydrogen) atoms. The van der Waals surface area contributed by atoms with Gasteiger partial charge in [-0.15, -0.1) is 0 Å². The van der Waals surface area contributed by atoms with Crippen LogP contribution in [0, 0.1) is 0 Å². The molecule has 150 valence electrons. The summed E-state index contributed by atoms with van der Waals surface area (Å²) in [5.41, 5.74) is 6.11. The van der Waals surface area contributed by atoms with Gasteiger partial charge >= 0.3 is 0 Å². The van der Waals surface area contributed by atoms with Crippen molar-refractivity contribution < 1.29 is 0 Å². The number of aromatic nitrogens is 4. The summed E-state index contributed by atoms with van der Waals surface area (Å²) in [7, 11) is 2.00. The van der Waals surface area contributed by atoms with Gasteiger partial charge in [0.2, 0.25) is 0 Å². The predicted molar refractivity (Wildman–Crippen MR) is 114 cm³/mol. The number of rotatable bonds is 4. The molecule has 1 fully saturated rings. The van der Waals surface area contributed by atoms with Gasteiger partial charge in [0, 0.05) is 73.8 Å². The Morgan fingerprint density at radius 2 is 1.90 bits per heavy atom. The second-order valence-electron chi connectivity index (χ2n) is 8.54. The molecule has 1 aliphatic heterocycles. The third-order valence-corrected chi connectivity index (χ3v) is 6.35. The Bertz CT molecular complexity index is 972. The molecule has 0 spiro atoms. The minimum atomic E-state index is 0.580. The third kappa shape index (κ3) is 3.97. The normalized spacial score (nSPS) is 18.0. The van der Waals surface area contributed by atoms with Gasteiger partial charge in [0.25, 0.3) is 0 Å². The fraction of sp³-hybridized carbons (Fsp3) is 0.458. The van der Waals surface area contributed by atoms with Gasteiger partial charge in [-0.3, -0.25) is 9.58 Å². The van der Waals surface area contributed by atoms with Crippen molar-refractivity contribution in [3.05, 3.63) is 65.4 Å². The van der Waals surface area contributed by atoms with Crippen molar-refractivity contribution in [2.75, 3.05) is 6.54 Å². The summed E-state index contributed by atoms with van der Waals surface area (Å²) in [6.07, 6.45) is 11.8. The monoisotopic (exact) mass is 387 g/mol. The molecular weight excluding hydrogens is 358 g/mol. The topological polar surface area (TPSA) is 46.8 Å². The first-order valence-corrected chi connectivity index (χ1v) is 10.9. The minimum absolute atomic E-state index is 0.580. The summed E-state index contributed by atoms with van der Waals surface area (Å²) in [6, 6.07) is 10.5. The fourth-order valence-electron chi connectivity index (χ4n) is 4.82. The van der Waals surface area contributed by atoms with Crippen molar-refractivity contribution in [1.82, 2.24) is 24.6 Å². The van der Waals surface area contributed by atoms with E-state index in [-0.39, 0.29) is 0 Å². The highest BCUT2D eigenvalue weighted by Crippen LogP contribution is 2.32. The van der Waals surface area contributed by atoms with E-state index in [1.807, 2.05) is 11.7 Å². The van der Waals surface area contributed by atoms with E-state index in [9.17, 15) is 0 Å². The van der Waals surface area contributed by atoms with Crippen molar-refractivity contribution in [2.24, 2.45) is 7.05 Å². The number of fused-ring (bicyclic) bond motifs is 1. The average Bonchev–Trinajstić information content (AvgIpc) is 3.14. The summed E-state index contributed by atoms with van der Waals surface area (Å²) in [5.74, 6) is 1.67. The molecule has 0 atom stereocenters. The molecule has 5 nitrogen and oxygen atoms in total. The Morgan fingerprint density at radius 3 is 2.72 bits per heavy atom. The van der Waals surface area contributed by atoms with Crippen LogP contribution in [0.3, 0.4) is 0 Å². The smallest absolute Gasteiger partial charge is 0.131 e. The van der Waals surface area contributed by atoms with Crippen LogP contribution in [0.2, 0.25) is 0 Å². The maximum absolute atomic E-state index is 4.99. The molecule has 1 aromatic carbocycles. The molecular formula is C24H29N5. The lowest BCUT2D eigenvalue weighted by Gasteiger charge is -2.29. The summed E-state index contributed by atoms with van der Waals surface area (Å²) < 4.78 is 1.93. The highest BCUT2D eigenvalue weighted by Gasteiger charge is 2.23. The maximum Gasteiger partial charge on any atom is 0.131 e. The zero-order valence-corrected chi connectivity index (χ0v) is 17.2. The molecule has 0 N–H and O–H groups in total. The molecule has 0 amide bonds. The number of hydrogen-bond acceptors (Lipinski definition) is 4. The highest BCUT2D eigenvalue weighted by molar-refractivity contribution is 5.62. The minimum Gasteiger partial charge on any atom is -0.294 e. The van der Waals surface area contributed by atoms with Crippen LogP contribution in [0.25, 0.3) is 11.3 Å². The van der Waals surface area contributed by atoms with Crippen LogP contribution in [-0.2, 0) is 26.6 Å². The Morgan fingerprint density at radius 1 is 1.07 bits per heavy atom. The molecule has 1 saturated carbocycles. The quantitative estimate of drug-likeness (QED) is 0.662. The number of hydrogen-bond donors (Lipinski definition) is 0. The largest absolute Gasteiger partial charge is 0.294 e. The van der Waals surface area contributed by atoms with Crippen molar-refractivity contribution >= 4 is 0 Å². The van der Waals surface area contributed by atoms with E-state index in [0.29, 0.717) is 5.92 Å². The molecule has 2 aliphatic rings. The van der Waals surface area contributed by atoms with Gasteiger partial charge in [0.15, 0.2) is 0 Å². The molecule has 3 heterocycles. The zero-order valence-electron chi connectivity index (χ0n) is 17.2. The van der Waals surface area contributed by atoms with Gasteiger partial charge in [-0.1, -0.05) is 49.6 Å². The van der Waals surface area contributed by atoms with Gasteiger partial charge < -0.3 is 0 Å². The zero-order chi connectivity index (χ0) is 19.6. The standard InChI is InChI=1S/C24H29N5/c1-28-15-21(23(27-28)18-8-4-2-5-9-18)17-29-13-12-22-20(16-29)14-25-24(26-22)19-10-6-3-7-11-19/h2,4-5,8-9,14-15,19H,3,6-7,10-13,16-17H2,1H3. The second-order valence-corrected chi connectivity index (χ2v) is 8.54. The van der Waals surface area contributed by atoms with Gasteiger partial charge in [0.05, 0.1) is 5.69 Å². The predicted octanol–water partition coefficient (Wildman–Crippen LogP) is 4.48.